The number of benzene rings is 2. The molecule has 148 valence electrons. The number of aryl methyl sites for hydroxylation is 1. The first-order valence-electron chi connectivity index (χ1n) is 9.60. The molecule has 0 spiro atoms. The van der Waals surface area contributed by atoms with Crippen LogP contribution < -0.4 is 0 Å². The zero-order chi connectivity index (χ0) is 20.2. The molecule has 3 aromatic rings. The maximum Gasteiger partial charge on any atom is 0.233 e. The number of carbonyl (C=O) groups is 1. The lowest BCUT2D eigenvalue weighted by atomic mass is 9.99. The number of hydrogen-bond donors (Lipinski definition) is 1. The summed E-state index contributed by atoms with van der Waals surface area (Å²) in [7, 11) is 0. The predicted octanol–water partition coefficient (Wildman–Crippen LogP) is 4.29. The first kappa shape index (κ1) is 19.3. The average Bonchev–Trinajstić information content (AvgIpc) is 3.21. The average molecular weight is 406 g/mol. The summed E-state index contributed by atoms with van der Waals surface area (Å²) in [6.45, 7) is 3.39. The zero-order valence-corrected chi connectivity index (χ0v) is 17.1. The molecule has 0 saturated heterocycles. The minimum Gasteiger partial charge on any atom is -0.508 e. The second kappa shape index (κ2) is 8.57. The van der Waals surface area contributed by atoms with Crippen LogP contribution in [0.15, 0.2) is 72.2 Å². The molecule has 0 radical (unpaired) electrons. The molecule has 0 bridgehead atoms. The number of amides is 1. The summed E-state index contributed by atoms with van der Waals surface area (Å²) in [4.78, 5) is 19.0. The number of aromatic nitrogens is 2. The summed E-state index contributed by atoms with van der Waals surface area (Å²) < 4.78 is 2.03. The van der Waals surface area contributed by atoms with Gasteiger partial charge in [0.25, 0.3) is 0 Å². The summed E-state index contributed by atoms with van der Waals surface area (Å²) in [5.41, 5.74) is 4.57. The SMILES string of the molecule is Cc1ccccc1-n1ccnc1SCC(=O)N1CC=C(c2ccc(O)cc2)CC1. The Kier molecular flexibility index (Phi) is 5.71. The highest BCUT2D eigenvalue weighted by atomic mass is 32.2. The quantitative estimate of drug-likeness (QED) is 0.643. The van der Waals surface area contributed by atoms with Crippen molar-refractivity contribution < 1.29 is 9.90 Å². The molecule has 0 unspecified atom stereocenters. The van der Waals surface area contributed by atoms with Gasteiger partial charge in [-0.1, -0.05) is 48.2 Å². The molecule has 1 aromatic heterocycles. The van der Waals surface area contributed by atoms with Gasteiger partial charge in [-0.15, -0.1) is 0 Å². The van der Waals surface area contributed by atoms with Gasteiger partial charge < -0.3 is 10.0 Å². The molecule has 1 aliphatic rings. The monoisotopic (exact) mass is 405 g/mol. The Labute approximate surface area is 174 Å². The van der Waals surface area contributed by atoms with Crippen molar-refractivity contribution in [3.8, 4) is 11.4 Å². The number of rotatable bonds is 5. The molecule has 1 aliphatic heterocycles. The third-order valence-electron chi connectivity index (χ3n) is 5.11. The van der Waals surface area contributed by atoms with Crippen molar-refractivity contribution in [2.24, 2.45) is 0 Å². The van der Waals surface area contributed by atoms with E-state index in [9.17, 15) is 9.90 Å². The second-order valence-corrected chi connectivity index (χ2v) is 7.96. The molecule has 2 heterocycles. The molecule has 1 N–H and O–H groups in total. The summed E-state index contributed by atoms with van der Waals surface area (Å²) in [6, 6.07) is 15.4. The second-order valence-electron chi connectivity index (χ2n) is 7.02. The Morgan fingerprint density at radius 3 is 2.69 bits per heavy atom. The Balaban J connectivity index is 1.38. The first-order chi connectivity index (χ1) is 14.1. The highest BCUT2D eigenvalue weighted by Gasteiger charge is 2.19. The van der Waals surface area contributed by atoms with Crippen LogP contribution >= 0.6 is 11.8 Å². The number of imidazole rings is 1. The van der Waals surface area contributed by atoms with Crippen molar-refractivity contribution in [2.75, 3.05) is 18.8 Å². The van der Waals surface area contributed by atoms with Gasteiger partial charge in [0.2, 0.25) is 5.91 Å². The smallest absolute Gasteiger partial charge is 0.233 e. The maximum absolute atomic E-state index is 12.7. The van der Waals surface area contributed by atoms with Gasteiger partial charge in [0.1, 0.15) is 5.75 Å². The normalized spacial score (nSPS) is 14.0. The van der Waals surface area contributed by atoms with Crippen molar-refractivity contribution in [1.82, 2.24) is 14.5 Å². The Hall–Kier alpha value is -2.99. The van der Waals surface area contributed by atoms with Gasteiger partial charge >= 0.3 is 0 Å². The van der Waals surface area contributed by atoms with Crippen molar-refractivity contribution in [3.63, 3.8) is 0 Å². The van der Waals surface area contributed by atoms with Crippen LogP contribution in [0.4, 0.5) is 0 Å². The molecule has 2 aromatic carbocycles. The Morgan fingerprint density at radius 2 is 1.97 bits per heavy atom. The molecule has 5 nitrogen and oxygen atoms in total. The van der Waals surface area contributed by atoms with Crippen LogP contribution in [0.5, 0.6) is 5.75 Å². The third-order valence-corrected chi connectivity index (χ3v) is 6.06. The van der Waals surface area contributed by atoms with Crippen LogP contribution in [0.1, 0.15) is 17.5 Å². The topological polar surface area (TPSA) is 58.4 Å². The van der Waals surface area contributed by atoms with Crippen LogP contribution in [-0.2, 0) is 4.79 Å². The van der Waals surface area contributed by atoms with E-state index in [1.54, 1.807) is 18.3 Å². The Morgan fingerprint density at radius 1 is 1.17 bits per heavy atom. The lowest BCUT2D eigenvalue weighted by molar-refractivity contribution is -0.127. The number of thioether (sulfide) groups is 1. The maximum atomic E-state index is 12.7. The van der Waals surface area contributed by atoms with Gasteiger partial charge in [0.15, 0.2) is 5.16 Å². The van der Waals surface area contributed by atoms with Gasteiger partial charge in [-0.3, -0.25) is 9.36 Å². The number of hydrogen-bond acceptors (Lipinski definition) is 4. The fourth-order valence-corrected chi connectivity index (χ4v) is 4.33. The molecule has 1 amide bonds. The molecule has 29 heavy (non-hydrogen) atoms. The third kappa shape index (κ3) is 4.38. The zero-order valence-electron chi connectivity index (χ0n) is 16.3. The minimum atomic E-state index is 0.121. The molecule has 0 atom stereocenters. The minimum absolute atomic E-state index is 0.121. The summed E-state index contributed by atoms with van der Waals surface area (Å²) in [5, 5.41) is 10.3. The predicted molar refractivity (Wildman–Crippen MR) is 116 cm³/mol. The van der Waals surface area contributed by atoms with E-state index in [2.05, 4.69) is 30.1 Å². The van der Waals surface area contributed by atoms with Gasteiger partial charge in [-0.2, -0.15) is 0 Å². The van der Waals surface area contributed by atoms with Gasteiger partial charge in [-0.25, -0.2) is 4.98 Å². The van der Waals surface area contributed by atoms with E-state index in [-0.39, 0.29) is 11.7 Å². The molecule has 6 heteroatoms. The summed E-state index contributed by atoms with van der Waals surface area (Å²) >= 11 is 1.47. The first-order valence-corrected chi connectivity index (χ1v) is 10.6. The highest BCUT2D eigenvalue weighted by Crippen LogP contribution is 2.26. The number of aromatic hydroxyl groups is 1. The van der Waals surface area contributed by atoms with E-state index in [0.29, 0.717) is 18.8 Å². The van der Waals surface area contributed by atoms with Crippen molar-refractivity contribution in [2.45, 2.75) is 18.5 Å². The number of phenols is 1. The van der Waals surface area contributed by atoms with Crippen molar-refractivity contribution in [3.05, 3.63) is 78.1 Å². The lowest BCUT2D eigenvalue weighted by Crippen LogP contribution is -2.35. The van der Waals surface area contributed by atoms with Crippen molar-refractivity contribution >= 4 is 23.2 Å². The molecule has 0 saturated carbocycles. The standard InChI is InChI=1S/C23H23N3O2S/c1-17-4-2-3-5-21(17)26-15-12-24-23(26)29-16-22(28)25-13-10-19(11-14-25)18-6-8-20(27)9-7-18/h2-10,12,15,27H,11,13-14,16H2,1H3. The van der Waals surface area contributed by atoms with E-state index in [1.807, 2.05) is 39.9 Å². The molecular formula is C23H23N3O2S. The van der Waals surface area contributed by atoms with Crippen LogP contribution in [0.2, 0.25) is 0 Å². The number of carbonyl (C=O) groups excluding carboxylic acids is 1. The van der Waals surface area contributed by atoms with Gasteiger partial charge in [0.05, 0.1) is 11.4 Å². The molecule has 0 fully saturated rings. The number of phenolic OH excluding ortho intramolecular Hbond substituents is 1. The number of nitrogens with zero attached hydrogens (tertiary/aromatic N) is 3. The van der Waals surface area contributed by atoms with E-state index in [4.69, 9.17) is 0 Å². The Bertz CT molecular complexity index is 1040. The van der Waals surface area contributed by atoms with E-state index >= 15 is 0 Å². The van der Waals surface area contributed by atoms with E-state index in [1.165, 1.54) is 22.9 Å². The molecule has 4 rings (SSSR count). The van der Waals surface area contributed by atoms with E-state index in [0.717, 1.165) is 22.8 Å². The fraction of sp³-hybridized carbons (Fsp3) is 0.217. The highest BCUT2D eigenvalue weighted by molar-refractivity contribution is 7.99. The van der Waals surface area contributed by atoms with Crippen LogP contribution in [0, 0.1) is 6.92 Å². The summed E-state index contributed by atoms with van der Waals surface area (Å²) in [6.07, 6.45) is 6.63. The number of para-hydroxylation sites is 1. The van der Waals surface area contributed by atoms with Crippen molar-refractivity contribution in [1.29, 1.82) is 0 Å². The van der Waals surface area contributed by atoms with Gasteiger partial charge in [0, 0.05) is 25.5 Å². The van der Waals surface area contributed by atoms with E-state index < -0.39 is 0 Å². The molecular weight excluding hydrogens is 382 g/mol. The van der Waals surface area contributed by atoms with Crippen LogP contribution in [0.25, 0.3) is 11.3 Å². The summed E-state index contributed by atoms with van der Waals surface area (Å²) in [5.74, 6) is 0.754. The lowest BCUT2D eigenvalue weighted by Gasteiger charge is -2.26. The molecule has 0 aliphatic carbocycles. The van der Waals surface area contributed by atoms with Gasteiger partial charge in [-0.05, 0) is 48.2 Å². The fourth-order valence-electron chi connectivity index (χ4n) is 3.46. The largest absolute Gasteiger partial charge is 0.508 e. The van der Waals surface area contributed by atoms with Crippen LogP contribution in [0.3, 0.4) is 0 Å². The van der Waals surface area contributed by atoms with Crippen LogP contribution in [-0.4, -0.2) is 44.3 Å².